The lowest BCUT2D eigenvalue weighted by Gasteiger charge is -2.14. The maximum Gasteiger partial charge on any atom is 0.353 e. The Labute approximate surface area is 185 Å². The lowest BCUT2D eigenvalue weighted by atomic mass is 10.2. The molecule has 4 nitrogen and oxygen atoms in total. The number of thiocarbonyl (C=S) groups is 1. The van der Waals surface area contributed by atoms with Gasteiger partial charge >= 0.3 is 5.97 Å². The molecule has 0 aliphatic carbocycles. The normalized spacial score (nSPS) is 15.2. The van der Waals surface area contributed by atoms with E-state index >= 15 is 0 Å². The highest BCUT2D eigenvalue weighted by Gasteiger charge is 2.33. The van der Waals surface area contributed by atoms with Crippen LogP contribution in [-0.4, -0.2) is 16.2 Å². The van der Waals surface area contributed by atoms with Gasteiger partial charge in [0.15, 0.2) is 4.32 Å². The molecule has 0 radical (unpaired) electrons. The van der Waals surface area contributed by atoms with Gasteiger partial charge in [0, 0.05) is 5.02 Å². The molecule has 29 heavy (non-hydrogen) atoms. The fraction of sp³-hybridized carbons (Fsp3) is 0. The molecule has 4 rings (SSSR count). The van der Waals surface area contributed by atoms with Crippen molar-refractivity contribution in [3.8, 4) is 5.75 Å². The molecule has 3 aromatic rings. The Balaban J connectivity index is 1.49. The van der Waals surface area contributed by atoms with Crippen LogP contribution in [0.2, 0.25) is 5.02 Å². The zero-order valence-electron chi connectivity index (χ0n) is 14.7. The third-order valence-electron chi connectivity index (χ3n) is 3.99. The summed E-state index contributed by atoms with van der Waals surface area (Å²) < 4.78 is 5.81. The van der Waals surface area contributed by atoms with E-state index in [4.69, 9.17) is 28.6 Å². The Morgan fingerprint density at radius 1 is 1.07 bits per heavy atom. The number of thioether (sulfide) groups is 1. The molecule has 0 saturated carbocycles. The minimum absolute atomic E-state index is 0.185. The van der Waals surface area contributed by atoms with Crippen molar-refractivity contribution in [3.63, 3.8) is 0 Å². The number of rotatable bonds is 4. The highest BCUT2D eigenvalue weighted by Crippen LogP contribution is 2.36. The van der Waals surface area contributed by atoms with Crippen molar-refractivity contribution in [2.45, 2.75) is 0 Å². The Morgan fingerprint density at radius 2 is 1.79 bits per heavy atom. The number of esters is 1. The average molecular weight is 458 g/mol. The summed E-state index contributed by atoms with van der Waals surface area (Å²) in [7, 11) is 0. The van der Waals surface area contributed by atoms with Crippen molar-refractivity contribution in [2.24, 2.45) is 0 Å². The fourth-order valence-corrected chi connectivity index (χ4v) is 4.64. The van der Waals surface area contributed by atoms with Gasteiger partial charge in [0.25, 0.3) is 5.91 Å². The van der Waals surface area contributed by atoms with Crippen LogP contribution in [0.4, 0.5) is 5.69 Å². The first kappa shape index (κ1) is 19.8. The molecular formula is C21H12ClNO3S3. The molecular weight excluding hydrogens is 446 g/mol. The highest BCUT2D eigenvalue weighted by molar-refractivity contribution is 8.27. The number of hydrogen-bond acceptors (Lipinski definition) is 6. The van der Waals surface area contributed by atoms with E-state index in [0.29, 0.717) is 30.6 Å². The average Bonchev–Trinajstić information content (AvgIpc) is 3.34. The van der Waals surface area contributed by atoms with E-state index in [9.17, 15) is 9.59 Å². The van der Waals surface area contributed by atoms with Crippen LogP contribution in [0.3, 0.4) is 0 Å². The van der Waals surface area contributed by atoms with Crippen molar-refractivity contribution >= 4 is 74.9 Å². The van der Waals surface area contributed by atoms with Crippen molar-refractivity contribution in [3.05, 3.63) is 86.4 Å². The topological polar surface area (TPSA) is 46.6 Å². The SMILES string of the molecule is O=C(Oc1ccc(/C=C2\SC(=S)N(c3ccc(Cl)cc3)C2=O)cc1)c1cccs1. The fourth-order valence-electron chi connectivity index (χ4n) is 2.62. The van der Waals surface area contributed by atoms with Gasteiger partial charge in [0.1, 0.15) is 10.6 Å². The predicted molar refractivity (Wildman–Crippen MR) is 123 cm³/mol. The molecule has 0 unspecified atom stereocenters. The first-order valence-corrected chi connectivity index (χ1v) is 10.9. The minimum Gasteiger partial charge on any atom is -0.422 e. The number of carbonyl (C=O) groups excluding carboxylic acids is 2. The molecule has 1 fully saturated rings. The number of thiophene rings is 1. The molecule has 0 atom stereocenters. The van der Waals surface area contributed by atoms with Crippen molar-refractivity contribution in [1.82, 2.24) is 0 Å². The molecule has 0 bridgehead atoms. The Bertz CT molecular complexity index is 1110. The molecule has 1 aliphatic rings. The largest absolute Gasteiger partial charge is 0.422 e. The first-order chi connectivity index (χ1) is 14.0. The summed E-state index contributed by atoms with van der Waals surface area (Å²) in [4.78, 5) is 27.4. The van der Waals surface area contributed by atoms with Crippen LogP contribution in [0.1, 0.15) is 15.2 Å². The van der Waals surface area contributed by atoms with Gasteiger partial charge in [-0.1, -0.05) is 53.8 Å². The third kappa shape index (κ3) is 4.43. The summed E-state index contributed by atoms with van der Waals surface area (Å²) in [6.07, 6.45) is 1.76. The highest BCUT2D eigenvalue weighted by atomic mass is 35.5. The van der Waals surface area contributed by atoms with E-state index in [1.807, 2.05) is 5.38 Å². The molecule has 0 spiro atoms. The summed E-state index contributed by atoms with van der Waals surface area (Å²) in [5.74, 6) is -0.138. The quantitative estimate of drug-likeness (QED) is 0.207. The molecule has 144 valence electrons. The van der Waals surface area contributed by atoms with Crippen molar-refractivity contribution < 1.29 is 14.3 Å². The number of carbonyl (C=O) groups is 2. The monoisotopic (exact) mass is 457 g/mol. The Kier molecular flexibility index (Phi) is 5.82. The van der Waals surface area contributed by atoms with Crippen LogP contribution in [0.25, 0.3) is 6.08 Å². The molecule has 0 N–H and O–H groups in total. The van der Waals surface area contributed by atoms with E-state index in [1.165, 1.54) is 28.0 Å². The Morgan fingerprint density at radius 3 is 2.45 bits per heavy atom. The van der Waals surface area contributed by atoms with Crippen LogP contribution in [0, 0.1) is 0 Å². The molecule has 1 aliphatic heterocycles. The minimum atomic E-state index is -0.392. The van der Waals surface area contributed by atoms with Gasteiger partial charge in [-0.2, -0.15) is 0 Å². The molecule has 1 aromatic heterocycles. The van der Waals surface area contributed by atoms with Crippen LogP contribution in [0.5, 0.6) is 5.75 Å². The van der Waals surface area contributed by atoms with E-state index in [-0.39, 0.29) is 5.91 Å². The number of ether oxygens (including phenoxy) is 1. The van der Waals surface area contributed by atoms with Crippen LogP contribution in [-0.2, 0) is 4.79 Å². The Hall–Kier alpha value is -2.45. The zero-order chi connectivity index (χ0) is 20.4. The summed E-state index contributed by atoms with van der Waals surface area (Å²) in [6, 6.07) is 17.4. The maximum atomic E-state index is 12.8. The van der Waals surface area contributed by atoms with Gasteiger partial charge in [0.05, 0.1) is 10.6 Å². The van der Waals surface area contributed by atoms with Gasteiger partial charge < -0.3 is 4.74 Å². The third-order valence-corrected chi connectivity index (χ3v) is 6.39. The number of anilines is 1. The second-order valence-electron chi connectivity index (χ2n) is 5.93. The summed E-state index contributed by atoms with van der Waals surface area (Å²) >= 11 is 13.9. The zero-order valence-corrected chi connectivity index (χ0v) is 17.9. The van der Waals surface area contributed by atoms with Gasteiger partial charge in [-0.05, 0) is 59.5 Å². The van der Waals surface area contributed by atoms with Crippen molar-refractivity contribution in [1.29, 1.82) is 0 Å². The summed E-state index contributed by atoms with van der Waals surface area (Å²) in [5, 5.41) is 2.41. The van der Waals surface area contributed by atoms with E-state index < -0.39 is 5.97 Å². The molecule has 1 saturated heterocycles. The molecule has 2 aromatic carbocycles. The van der Waals surface area contributed by atoms with Crippen LogP contribution >= 0.6 is 46.9 Å². The molecule has 2 heterocycles. The lowest BCUT2D eigenvalue weighted by molar-refractivity contribution is -0.113. The van der Waals surface area contributed by atoms with Gasteiger partial charge in [0.2, 0.25) is 0 Å². The van der Waals surface area contributed by atoms with E-state index in [0.717, 1.165) is 5.56 Å². The lowest BCUT2D eigenvalue weighted by Crippen LogP contribution is -2.27. The number of amides is 1. The van der Waals surface area contributed by atoms with Crippen molar-refractivity contribution in [2.75, 3.05) is 4.90 Å². The second-order valence-corrected chi connectivity index (χ2v) is 8.99. The van der Waals surface area contributed by atoms with E-state index in [1.54, 1.807) is 66.7 Å². The summed E-state index contributed by atoms with van der Waals surface area (Å²) in [5.41, 5.74) is 1.48. The second kappa shape index (κ2) is 8.51. The molecule has 8 heteroatoms. The standard InChI is InChI=1S/C21H12ClNO3S3/c22-14-5-7-15(8-6-14)23-19(24)18(29-21(23)27)12-13-3-9-16(10-4-13)26-20(25)17-2-1-11-28-17/h1-12H/b18-12-. The predicted octanol–water partition coefficient (Wildman–Crippen LogP) is 6.03. The summed E-state index contributed by atoms with van der Waals surface area (Å²) in [6.45, 7) is 0. The molecule has 1 amide bonds. The number of nitrogens with zero attached hydrogens (tertiary/aromatic N) is 1. The number of halogens is 1. The van der Waals surface area contributed by atoms with E-state index in [2.05, 4.69) is 0 Å². The number of benzene rings is 2. The van der Waals surface area contributed by atoms with Crippen LogP contribution in [0.15, 0.2) is 70.9 Å². The number of hydrogen-bond donors (Lipinski definition) is 0. The van der Waals surface area contributed by atoms with Gasteiger partial charge in [-0.3, -0.25) is 9.69 Å². The van der Waals surface area contributed by atoms with Gasteiger partial charge in [-0.15, -0.1) is 11.3 Å². The first-order valence-electron chi connectivity index (χ1n) is 8.40. The van der Waals surface area contributed by atoms with Gasteiger partial charge in [-0.25, -0.2) is 4.79 Å². The smallest absolute Gasteiger partial charge is 0.353 e. The maximum absolute atomic E-state index is 12.8. The van der Waals surface area contributed by atoms with Crippen LogP contribution < -0.4 is 9.64 Å².